The highest BCUT2D eigenvalue weighted by atomic mass is 32.1. The fourth-order valence-corrected chi connectivity index (χ4v) is 3.39. The molecular formula is C16H12FNO2S. The van der Waals surface area contributed by atoms with Crippen LogP contribution in [-0.2, 0) is 0 Å². The van der Waals surface area contributed by atoms with Gasteiger partial charge in [-0.2, -0.15) is 0 Å². The van der Waals surface area contributed by atoms with E-state index in [-0.39, 0.29) is 5.82 Å². The van der Waals surface area contributed by atoms with E-state index in [9.17, 15) is 4.39 Å². The van der Waals surface area contributed by atoms with E-state index in [1.165, 1.54) is 12.1 Å². The third-order valence-corrected chi connectivity index (χ3v) is 4.35. The molecule has 1 aromatic carbocycles. The predicted molar refractivity (Wildman–Crippen MR) is 80.0 cm³/mol. The predicted octanol–water partition coefficient (Wildman–Crippen LogP) is 4.12. The molecule has 0 bridgehead atoms. The maximum atomic E-state index is 13.1. The molecule has 0 unspecified atom stereocenters. The van der Waals surface area contributed by atoms with Gasteiger partial charge in [-0.25, -0.2) is 4.39 Å². The Kier molecular flexibility index (Phi) is 2.93. The van der Waals surface area contributed by atoms with Gasteiger partial charge < -0.3 is 14.0 Å². The van der Waals surface area contributed by atoms with E-state index < -0.39 is 0 Å². The molecule has 0 N–H and O–H groups in total. The average molecular weight is 301 g/mol. The molecule has 0 atom stereocenters. The standard InChI is InChI=1S/C16H12FNO2S/c17-11-3-5-12(6-4-11)18-7-1-2-13(18)16-15-14(10-21-16)19-8-9-20-15/h1-7,10H,8-9H2. The Labute approximate surface area is 125 Å². The van der Waals surface area contributed by atoms with Crippen LogP contribution in [0.1, 0.15) is 0 Å². The lowest BCUT2D eigenvalue weighted by Crippen LogP contribution is -2.14. The van der Waals surface area contributed by atoms with Crippen LogP contribution in [0, 0.1) is 5.82 Å². The van der Waals surface area contributed by atoms with Gasteiger partial charge in [0.15, 0.2) is 11.5 Å². The van der Waals surface area contributed by atoms with Crippen LogP contribution in [0.25, 0.3) is 16.3 Å². The summed E-state index contributed by atoms with van der Waals surface area (Å²) in [6.45, 7) is 1.15. The van der Waals surface area contributed by atoms with Crippen molar-refractivity contribution in [3.8, 4) is 27.8 Å². The molecule has 0 spiro atoms. The minimum atomic E-state index is -0.238. The molecule has 0 fully saturated rings. The lowest BCUT2D eigenvalue weighted by Gasteiger charge is -2.16. The molecule has 21 heavy (non-hydrogen) atoms. The molecule has 106 valence electrons. The molecule has 0 saturated carbocycles. The first-order valence-electron chi connectivity index (χ1n) is 6.64. The molecule has 0 saturated heterocycles. The molecular weight excluding hydrogens is 289 g/mol. The third kappa shape index (κ3) is 2.10. The molecule has 5 heteroatoms. The number of halogens is 1. The molecule has 2 aromatic heterocycles. The fraction of sp³-hybridized carbons (Fsp3) is 0.125. The van der Waals surface area contributed by atoms with Crippen molar-refractivity contribution in [2.24, 2.45) is 0 Å². The van der Waals surface area contributed by atoms with Crippen LogP contribution in [0.5, 0.6) is 11.5 Å². The summed E-state index contributed by atoms with van der Waals surface area (Å²) in [5.74, 6) is 1.36. The number of benzene rings is 1. The maximum absolute atomic E-state index is 13.1. The molecule has 0 aliphatic carbocycles. The number of hydrogen-bond acceptors (Lipinski definition) is 3. The highest BCUT2D eigenvalue weighted by Crippen LogP contribution is 2.46. The second-order valence-corrected chi connectivity index (χ2v) is 5.57. The van der Waals surface area contributed by atoms with Crippen molar-refractivity contribution in [2.45, 2.75) is 0 Å². The number of thiophene rings is 1. The van der Waals surface area contributed by atoms with E-state index in [0.29, 0.717) is 13.2 Å². The Morgan fingerprint density at radius 3 is 2.71 bits per heavy atom. The van der Waals surface area contributed by atoms with Crippen LogP contribution in [-0.4, -0.2) is 17.8 Å². The Balaban J connectivity index is 1.82. The number of nitrogens with zero attached hydrogens (tertiary/aromatic N) is 1. The summed E-state index contributed by atoms with van der Waals surface area (Å²) in [5, 5.41) is 1.96. The van der Waals surface area contributed by atoms with Gasteiger partial charge >= 0.3 is 0 Å². The summed E-state index contributed by atoms with van der Waals surface area (Å²) < 4.78 is 26.4. The lowest BCUT2D eigenvalue weighted by molar-refractivity contribution is 0.174. The molecule has 4 rings (SSSR count). The monoisotopic (exact) mass is 301 g/mol. The molecule has 1 aliphatic heterocycles. The Morgan fingerprint density at radius 1 is 1.05 bits per heavy atom. The zero-order valence-electron chi connectivity index (χ0n) is 11.1. The second kappa shape index (κ2) is 4.93. The summed E-state index contributed by atoms with van der Waals surface area (Å²) in [6.07, 6.45) is 1.96. The van der Waals surface area contributed by atoms with Crippen molar-refractivity contribution in [3.63, 3.8) is 0 Å². The smallest absolute Gasteiger partial charge is 0.181 e. The van der Waals surface area contributed by atoms with Gasteiger partial charge in [-0.05, 0) is 36.4 Å². The van der Waals surface area contributed by atoms with Crippen molar-refractivity contribution in [1.82, 2.24) is 4.57 Å². The number of fused-ring (bicyclic) bond motifs is 1. The van der Waals surface area contributed by atoms with Gasteiger partial charge in [0.2, 0.25) is 0 Å². The van der Waals surface area contributed by atoms with E-state index in [2.05, 4.69) is 0 Å². The van der Waals surface area contributed by atoms with Gasteiger partial charge in [0, 0.05) is 17.3 Å². The minimum absolute atomic E-state index is 0.238. The first-order chi connectivity index (χ1) is 10.3. The van der Waals surface area contributed by atoms with Crippen LogP contribution in [0.2, 0.25) is 0 Å². The van der Waals surface area contributed by atoms with Gasteiger partial charge in [0.1, 0.15) is 19.0 Å². The van der Waals surface area contributed by atoms with Crippen LogP contribution in [0.3, 0.4) is 0 Å². The summed E-state index contributed by atoms with van der Waals surface area (Å²) in [5.41, 5.74) is 1.92. The third-order valence-electron chi connectivity index (χ3n) is 3.39. The normalized spacial score (nSPS) is 13.4. The van der Waals surface area contributed by atoms with Gasteiger partial charge in [-0.15, -0.1) is 11.3 Å². The number of ether oxygens (including phenoxy) is 2. The highest BCUT2D eigenvalue weighted by Gasteiger charge is 2.21. The van der Waals surface area contributed by atoms with Crippen molar-refractivity contribution >= 4 is 11.3 Å². The van der Waals surface area contributed by atoms with Crippen molar-refractivity contribution in [3.05, 3.63) is 53.8 Å². The summed E-state index contributed by atoms with van der Waals surface area (Å²) in [7, 11) is 0. The Morgan fingerprint density at radius 2 is 1.86 bits per heavy atom. The average Bonchev–Trinajstić information content (AvgIpc) is 3.14. The van der Waals surface area contributed by atoms with E-state index in [1.807, 2.05) is 28.3 Å². The van der Waals surface area contributed by atoms with E-state index in [4.69, 9.17) is 9.47 Å². The van der Waals surface area contributed by atoms with Crippen LogP contribution in [0.4, 0.5) is 4.39 Å². The number of rotatable bonds is 2. The zero-order valence-corrected chi connectivity index (χ0v) is 11.9. The molecule has 3 aromatic rings. The molecule has 0 amide bonds. The van der Waals surface area contributed by atoms with Gasteiger partial charge in [-0.1, -0.05) is 0 Å². The quantitative estimate of drug-likeness (QED) is 0.711. The second-order valence-electron chi connectivity index (χ2n) is 4.69. The van der Waals surface area contributed by atoms with Crippen LogP contribution < -0.4 is 9.47 Å². The van der Waals surface area contributed by atoms with Gasteiger partial charge in [0.25, 0.3) is 0 Å². The van der Waals surface area contributed by atoms with Gasteiger partial charge in [-0.3, -0.25) is 0 Å². The SMILES string of the molecule is Fc1ccc(-n2cccc2-c2scc3c2OCCO3)cc1. The van der Waals surface area contributed by atoms with Crippen molar-refractivity contribution < 1.29 is 13.9 Å². The topological polar surface area (TPSA) is 23.4 Å². The van der Waals surface area contributed by atoms with E-state index in [1.54, 1.807) is 23.5 Å². The first kappa shape index (κ1) is 12.5. The van der Waals surface area contributed by atoms with Crippen molar-refractivity contribution in [1.29, 1.82) is 0 Å². The summed E-state index contributed by atoms with van der Waals surface area (Å²) in [6, 6.07) is 10.4. The van der Waals surface area contributed by atoms with Crippen molar-refractivity contribution in [2.75, 3.05) is 13.2 Å². The number of hydrogen-bond donors (Lipinski definition) is 0. The Hall–Kier alpha value is -2.27. The molecule has 3 heterocycles. The number of aromatic nitrogens is 1. The molecule has 0 radical (unpaired) electrons. The largest absolute Gasteiger partial charge is 0.485 e. The lowest BCUT2D eigenvalue weighted by atomic mass is 10.2. The van der Waals surface area contributed by atoms with Crippen LogP contribution >= 0.6 is 11.3 Å². The van der Waals surface area contributed by atoms with Crippen LogP contribution in [0.15, 0.2) is 48.0 Å². The molecule has 1 aliphatic rings. The zero-order chi connectivity index (χ0) is 14.2. The minimum Gasteiger partial charge on any atom is -0.485 e. The molecule has 3 nitrogen and oxygen atoms in total. The highest BCUT2D eigenvalue weighted by molar-refractivity contribution is 7.14. The Bertz CT molecular complexity index is 776. The fourth-order valence-electron chi connectivity index (χ4n) is 2.43. The van der Waals surface area contributed by atoms with E-state index in [0.717, 1.165) is 27.8 Å². The summed E-state index contributed by atoms with van der Waals surface area (Å²) >= 11 is 1.59. The van der Waals surface area contributed by atoms with E-state index >= 15 is 0 Å². The first-order valence-corrected chi connectivity index (χ1v) is 7.51. The van der Waals surface area contributed by atoms with Gasteiger partial charge in [0.05, 0.1) is 10.6 Å². The summed E-state index contributed by atoms with van der Waals surface area (Å²) in [4.78, 5) is 1.03. The maximum Gasteiger partial charge on any atom is 0.181 e.